The van der Waals surface area contributed by atoms with Crippen LogP contribution in [0.5, 0.6) is 0 Å². The van der Waals surface area contributed by atoms with E-state index >= 15 is 0 Å². The first-order valence-corrected chi connectivity index (χ1v) is 5.22. The topological polar surface area (TPSA) is 52.6 Å². The van der Waals surface area contributed by atoms with E-state index in [9.17, 15) is 9.59 Å². The fourth-order valence-corrected chi connectivity index (χ4v) is 0.972. The summed E-state index contributed by atoms with van der Waals surface area (Å²) in [4.78, 5) is 22.4. The molecule has 0 rings (SSSR count). The van der Waals surface area contributed by atoms with Gasteiger partial charge < -0.3 is 9.47 Å². The van der Waals surface area contributed by atoms with Crippen molar-refractivity contribution in [3.63, 3.8) is 0 Å². The molecule has 0 aromatic carbocycles. The molecule has 0 spiro atoms. The first kappa shape index (κ1) is 14.4. The van der Waals surface area contributed by atoms with E-state index in [1.54, 1.807) is 13.8 Å². The largest absolute Gasteiger partial charge is 0.463 e. The lowest BCUT2D eigenvalue weighted by Gasteiger charge is -2.06. The van der Waals surface area contributed by atoms with Crippen molar-refractivity contribution < 1.29 is 19.1 Å². The Balaban J connectivity index is 3.96. The maximum absolute atomic E-state index is 11.2. The van der Waals surface area contributed by atoms with Crippen molar-refractivity contribution in [1.29, 1.82) is 0 Å². The van der Waals surface area contributed by atoms with Crippen LogP contribution in [0.4, 0.5) is 0 Å². The zero-order chi connectivity index (χ0) is 12.6. The molecular formula is C12H18O4. The minimum absolute atomic E-state index is 0.316. The lowest BCUT2D eigenvalue weighted by atomic mass is 10.1. The van der Waals surface area contributed by atoms with E-state index in [0.29, 0.717) is 37.2 Å². The van der Waals surface area contributed by atoms with E-state index in [1.807, 2.05) is 0 Å². The van der Waals surface area contributed by atoms with Gasteiger partial charge in [-0.1, -0.05) is 13.2 Å². The third-order valence-electron chi connectivity index (χ3n) is 1.86. The molecule has 0 aromatic heterocycles. The average Bonchev–Trinajstić information content (AvgIpc) is 2.25. The molecule has 0 aliphatic heterocycles. The Morgan fingerprint density at radius 2 is 1.19 bits per heavy atom. The summed E-state index contributed by atoms with van der Waals surface area (Å²) in [6, 6.07) is 0. The van der Waals surface area contributed by atoms with Gasteiger partial charge in [-0.2, -0.15) is 0 Å². The Morgan fingerprint density at radius 3 is 1.44 bits per heavy atom. The van der Waals surface area contributed by atoms with Gasteiger partial charge in [0, 0.05) is 11.1 Å². The number of hydrogen-bond donors (Lipinski definition) is 0. The van der Waals surface area contributed by atoms with Gasteiger partial charge >= 0.3 is 11.9 Å². The van der Waals surface area contributed by atoms with Gasteiger partial charge in [0.15, 0.2) is 0 Å². The average molecular weight is 226 g/mol. The number of carbonyl (C=O) groups excluding carboxylic acids is 2. The summed E-state index contributed by atoms with van der Waals surface area (Å²) < 4.78 is 9.52. The van der Waals surface area contributed by atoms with Gasteiger partial charge in [0.25, 0.3) is 0 Å². The first-order chi connectivity index (χ1) is 7.52. The van der Waals surface area contributed by atoms with Crippen molar-refractivity contribution in [3.8, 4) is 0 Å². The number of rotatable bonds is 7. The molecule has 4 nitrogen and oxygen atoms in total. The van der Waals surface area contributed by atoms with Crippen molar-refractivity contribution in [2.75, 3.05) is 13.2 Å². The summed E-state index contributed by atoms with van der Waals surface area (Å²) in [7, 11) is 0. The Bertz CT molecular complexity index is 261. The van der Waals surface area contributed by atoms with Crippen molar-refractivity contribution in [1.82, 2.24) is 0 Å². The van der Waals surface area contributed by atoms with Gasteiger partial charge in [-0.05, 0) is 26.7 Å². The summed E-state index contributed by atoms with van der Waals surface area (Å²) in [5, 5.41) is 0. The van der Waals surface area contributed by atoms with Crippen LogP contribution in [0, 0.1) is 0 Å². The molecule has 0 saturated carbocycles. The molecule has 90 valence electrons. The lowest BCUT2D eigenvalue weighted by molar-refractivity contribution is -0.140. The zero-order valence-electron chi connectivity index (χ0n) is 9.88. The van der Waals surface area contributed by atoms with Gasteiger partial charge in [-0.25, -0.2) is 9.59 Å². The van der Waals surface area contributed by atoms with Crippen LogP contribution in [0.15, 0.2) is 24.3 Å². The summed E-state index contributed by atoms with van der Waals surface area (Å²) in [5.74, 6) is -0.863. The van der Waals surface area contributed by atoms with Crippen molar-refractivity contribution in [2.45, 2.75) is 26.7 Å². The van der Waals surface area contributed by atoms with Gasteiger partial charge in [0.1, 0.15) is 0 Å². The molecule has 4 heteroatoms. The molecule has 0 amide bonds. The molecule has 0 radical (unpaired) electrons. The van der Waals surface area contributed by atoms with Gasteiger partial charge in [0.05, 0.1) is 13.2 Å². The van der Waals surface area contributed by atoms with E-state index in [4.69, 9.17) is 9.47 Å². The molecule has 0 bridgehead atoms. The number of ether oxygens (including phenoxy) is 2. The van der Waals surface area contributed by atoms with Crippen LogP contribution in [0.2, 0.25) is 0 Å². The predicted octanol–water partition coefficient (Wildman–Crippen LogP) is 2.01. The van der Waals surface area contributed by atoms with Crippen LogP contribution in [0.3, 0.4) is 0 Å². The molecule has 0 atom stereocenters. The molecule has 0 N–H and O–H groups in total. The zero-order valence-corrected chi connectivity index (χ0v) is 9.88. The highest BCUT2D eigenvalue weighted by Crippen LogP contribution is 2.11. The maximum Gasteiger partial charge on any atom is 0.333 e. The smallest absolute Gasteiger partial charge is 0.333 e. The summed E-state index contributed by atoms with van der Waals surface area (Å²) >= 11 is 0. The molecule has 0 aliphatic carbocycles. The van der Waals surface area contributed by atoms with Crippen LogP contribution in [-0.2, 0) is 19.1 Å². The minimum Gasteiger partial charge on any atom is -0.463 e. The molecular weight excluding hydrogens is 208 g/mol. The fourth-order valence-electron chi connectivity index (χ4n) is 0.972. The second-order valence-corrected chi connectivity index (χ2v) is 3.15. The predicted molar refractivity (Wildman–Crippen MR) is 60.8 cm³/mol. The monoisotopic (exact) mass is 226 g/mol. The molecule has 16 heavy (non-hydrogen) atoms. The maximum atomic E-state index is 11.2. The van der Waals surface area contributed by atoms with E-state index in [2.05, 4.69) is 13.2 Å². The quantitative estimate of drug-likeness (QED) is 0.492. The SMILES string of the molecule is C=C(CCC(=C)C(=O)OCC)C(=O)OCC. The van der Waals surface area contributed by atoms with Gasteiger partial charge in [-0.15, -0.1) is 0 Å². The van der Waals surface area contributed by atoms with Crippen LogP contribution in [0.25, 0.3) is 0 Å². The van der Waals surface area contributed by atoms with Crippen molar-refractivity contribution in [3.05, 3.63) is 24.3 Å². The van der Waals surface area contributed by atoms with Gasteiger partial charge in [0.2, 0.25) is 0 Å². The lowest BCUT2D eigenvalue weighted by Crippen LogP contribution is -2.10. The number of esters is 2. The Morgan fingerprint density at radius 1 is 0.875 bits per heavy atom. The first-order valence-electron chi connectivity index (χ1n) is 5.22. The molecule has 0 aromatic rings. The van der Waals surface area contributed by atoms with Crippen LogP contribution < -0.4 is 0 Å². The van der Waals surface area contributed by atoms with E-state index in [0.717, 1.165) is 0 Å². The molecule has 0 unspecified atom stereocenters. The van der Waals surface area contributed by atoms with E-state index < -0.39 is 11.9 Å². The van der Waals surface area contributed by atoms with Crippen LogP contribution in [-0.4, -0.2) is 25.2 Å². The van der Waals surface area contributed by atoms with E-state index in [1.165, 1.54) is 0 Å². The third-order valence-corrected chi connectivity index (χ3v) is 1.86. The summed E-state index contributed by atoms with van der Waals surface area (Å²) in [6.07, 6.45) is 0.715. The highest BCUT2D eigenvalue weighted by atomic mass is 16.5. The van der Waals surface area contributed by atoms with Crippen LogP contribution in [0.1, 0.15) is 26.7 Å². The second kappa shape index (κ2) is 7.68. The fraction of sp³-hybridized carbons (Fsp3) is 0.500. The summed E-state index contributed by atoms with van der Waals surface area (Å²) in [6.45, 7) is 11.2. The van der Waals surface area contributed by atoms with Crippen LogP contribution >= 0.6 is 0 Å². The normalized spacial score (nSPS) is 9.38. The second-order valence-electron chi connectivity index (χ2n) is 3.15. The highest BCUT2D eigenvalue weighted by Gasteiger charge is 2.12. The minimum atomic E-state index is -0.431. The Kier molecular flexibility index (Phi) is 6.92. The van der Waals surface area contributed by atoms with Crippen molar-refractivity contribution >= 4 is 11.9 Å². The number of hydrogen-bond acceptors (Lipinski definition) is 4. The van der Waals surface area contributed by atoms with Gasteiger partial charge in [-0.3, -0.25) is 0 Å². The standard InChI is InChI=1S/C12H18O4/c1-5-15-11(13)9(3)7-8-10(4)12(14)16-6-2/h3-8H2,1-2H3. The number of carbonyl (C=O) groups is 2. The highest BCUT2D eigenvalue weighted by molar-refractivity contribution is 5.89. The molecule has 0 saturated heterocycles. The third kappa shape index (κ3) is 5.34. The summed E-state index contributed by atoms with van der Waals surface area (Å²) in [5.41, 5.74) is 0.680. The molecule has 0 fully saturated rings. The molecule has 0 aliphatic rings. The van der Waals surface area contributed by atoms with Crippen molar-refractivity contribution in [2.24, 2.45) is 0 Å². The van der Waals surface area contributed by atoms with E-state index in [-0.39, 0.29) is 0 Å². The Hall–Kier alpha value is -1.58. The Labute approximate surface area is 95.9 Å². The molecule has 0 heterocycles.